The molecular weight excluding hydrogens is 328 g/mol. The monoisotopic (exact) mass is 354 g/mol. The van der Waals surface area contributed by atoms with Crippen molar-refractivity contribution in [2.24, 2.45) is 0 Å². The van der Waals surface area contributed by atoms with Crippen LogP contribution in [0.2, 0.25) is 0 Å². The van der Waals surface area contributed by atoms with Crippen LogP contribution in [0.5, 0.6) is 5.75 Å². The minimum atomic E-state index is -0.251. The number of benzene rings is 1. The Morgan fingerprint density at radius 3 is 2.76 bits per heavy atom. The third kappa shape index (κ3) is 5.30. The highest BCUT2D eigenvalue weighted by Crippen LogP contribution is 2.34. The van der Waals surface area contributed by atoms with Gasteiger partial charge in [0.1, 0.15) is 5.75 Å². The van der Waals surface area contributed by atoms with Gasteiger partial charge in [-0.2, -0.15) is 0 Å². The number of unbranched alkanes of at least 4 members (excludes halogenated alkanes) is 5. The maximum atomic E-state index is 10.3. The molecule has 1 aliphatic heterocycles. The van der Waals surface area contributed by atoms with Gasteiger partial charge in [-0.15, -0.1) is 0 Å². The van der Waals surface area contributed by atoms with Gasteiger partial charge in [-0.25, -0.2) is 0 Å². The molecule has 1 unspecified atom stereocenters. The van der Waals surface area contributed by atoms with E-state index in [2.05, 4.69) is 35.0 Å². The summed E-state index contributed by atoms with van der Waals surface area (Å²) in [6, 6.07) is 4.22. The lowest BCUT2D eigenvalue weighted by Gasteiger charge is -2.14. The fourth-order valence-electron chi connectivity index (χ4n) is 3.01. The minimum Gasteiger partial charge on any atom is -0.493 e. The molecule has 0 saturated carbocycles. The van der Waals surface area contributed by atoms with Crippen molar-refractivity contribution in [3.63, 3.8) is 0 Å². The van der Waals surface area contributed by atoms with E-state index in [1.54, 1.807) is 0 Å². The summed E-state index contributed by atoms with van der Waals surface area (Å²) in [6.45, 7) is 3.01. The molecule has 3 heteroatoms. The molecule has 0 aromatic heterocycles. The van der Waals surface area contributed by atoms with E-state index in [9.17, 15) is 5.11 Å². The summed E-state index contributed by atoms with van der Waals surface area (Å²) in [6.07, 6.45) is 9.96. The van der Waals surface area contributed by atoms with Gasteiger partial charge < -0.3 is 9.84 Å². The van der Waals surface area contributed by atoms with Crippen LogP contribution in [0.3, 0.4) is 0 Å². The quantitative estimate of drug-likeness (QED) is 0.629. The maximum Gasteiger partial charge on any atom is 0.125 e. The Morgan fingerprint density at radius 2 is 1.95 bits per heavy atom. The molecule has 0 radical (unpaired) electrons. The van der Waals surface area contributed by atoms with E-state index in [1.165, 1.54) is 37.7 Å². The zero-order valence-electron chi connectivity index (χ0n) is 13.0. The highest BCUT2D eigenvalue weighted by Gasteiger charge is 2.19. The molecule has 1 aromatic rings. The summed E-state index contributed by atoms with van der Waals surface area (Å²) >= 11 is 3.56. The van der Waals surface area contributed by atoms with Gasteiger partial charge in [-0.1, -0.05) is 61.4 Å². The molecule has 118 valence electrons. The first kappa shape index (κ1) is 16.8. The molecule has 2 rings (SSSR count). The van der Waals surface area contributed by atoms with Crippen LogP contribution in [0.4, 0.5) is 0 Å². The van der Waals surface area contributed by atoms with Crippen LogP contribution in [0.1, 0.15) is 63.0 Å². The van der Waals surface area contributed by atoms with Gasteiger partial charge in [0.15, 0.2) is 0 Å². The molecule has 1 aromatic carbocycles. The van der Waals surface area contributed by atoms with Gasteiger partial charge in [0, 0.05) is 17.3 Å². The Balaban J connectivity index is 1.77. The minimum absolute atomic E-state index is 0.251. The number of halogens is 1. The Kier molecular flexibility index (Phi) is 7.05. The number of rotatable bonds is 9. The Morgan fingerprint density at radius 1 is 1.19 bits per heavy atom. The number of aliphatic hydroxyl groups is 1. The van der Waals surface area contributed by atoms with Crippen molar-refractivity contribution in [3.05, 3.63) is 27.7 Å². The van der Waals surface area contributed by atoms with E-state index >= 15 is 0 Å². The lowest BCUT2D eigenvalue weighted by molar-refractivity contribution is 0.159. The number of aliphatic hydroxyl groups excluding tert-OH is 1. The second kappa shape index (κ2) is 8.79. The van der Waals surface area contributed by atoms with Crippen LogP contribution >= 0.6 is 15.9 Å². The van der Waals surface area contributed by atoms with E-state index in [1.807, 2.05) is 0 Å². The first-order valence-corrected chi connectivity index (χ1v) is 9.12. The van der Waals surface area contributed by atoms with Crippen molar-refractivity contribution in [2.45, 2.75) is 70.8 Å². The summed E-state index contributed by atoms with van der Waals surface area (Å²) in [5.41, 5.74) is 2.42. The molecule has 21 heavy (non-hydrogen) atoms. The smallest absolute Gasteiger partial charge is 0.125 e. The number of ether oxygens (including phenoxy) is 1. The molecule has 0 spiro atoms. The zero-order chi connectivity index (χ0) is 15.1. The summed E-state index contributed by atoms with van der Waals surface area (Å²) < 4.78 is 6.81. The van der Waals surface area contributed by atoms with Crippen molar-refractivity contribution in [3.8, 4) is 5.75 Å². The van der Waals surface area contributed by atoms with Crippen LogP contribution in [0.25, 0.3) is 0 Å². The van der Waals surface area contributed by atoms with E-state index in [0.29, 0.717) is 6.42 Å². The van der Waals surface area contributed by atoms with Gasteiger partial charge in [0.25, 0.3) is 0 Å². The van der Waals surface area contributed by atoms with Crippen LogP contribution in [0, 0.1) is 0 Å². The molecule has 0 bridgehead atoms. The molecule has 0 aliphatic carbocycles. The average molecular weight is 355 g/mol. The van der Waals surface area contributed by atoms with Crippen molar-refractivity contribution in [2.75, 3.05) is 6.61 Å². The highest BCUT2D eigenvalue weighted by molar-refractivity contribution is 9.10. The third-order valence-corrected chi connectivity index (χ3v) is 4.63. The van der Waals surface area contributed by atoms with Gasteiger partial charge in [0.05, 0.1) is 12.7 Å². The summed E-state index contributed by atoms with van der Waals surface area (Å²) in [5, 5.41) is 10.3. The molecule has 0 fully saturated rings. The first-order chi connectivity index (χ1) is 10.2. The van der Waals surface area contributed by atoms with E-state index in [-0.39, 0.29) is 6.10 Å². The number of hydrogen-bond donors (Lipinski definition) is 1. The van der Waals surface area contributed by atoms with Gasteiger partial charge in [-0.3, -0.25) is 0 Å². The lowest BCUT2D eigenvalue weighted by atomic mass is 9.99. The van der Waals surface area contributed by atoms with Gasteiger partial charge >= 0.3 is 0 Å². The van der Waals surface area contributed by atoms with Crippen LogP contribution in [-0.2, 0) is 12.8 Å². The van der Waals surface area contributed by atoms with Crippen molar-refractivity contribution in [1.29, 1.82) is 0 Å². The zero-order valence-corrected chi connectivity index (χ0v) is 14.6. The van der Waals surface area contributed by atoms with Gasteiger partial charge in [0.2, 0.25) is 0 Å². The third-order valence-electron chi connectivity index (χ3n) is 4.17. The maximum absolute atomic E-state index is 10.3. The lowest BCUT2D eigenvalue weighted by Crippen LogP contribution is -2.11. The molecule has 1 N–H and O–H groups in total. The normalized spacial score (nSPS) is 14.8. The second-order valence-corrected chi connectivity index (χ2v) is 6.98. The standard InChI is InChI=1S/C18H27BrO2/c1-2-3-4-5-6-7-8-17(20)13-15-12-16(19)11-14-9-10-21-18(14)15/h11-12,17,20H,2-10,13H2,1H3. The fourth-order valence-corrected chi connectivity index (χ4v) is 3.57. The van der Waals surface area contributed by atoms with Crippen LogP contribution < -0.4 is 4.74 Å². The largest absolute Gasteiger partial charge is 0.493 e. The topological polar surface area (TPSA) is 29.5 Å². The Bertz CT molecular complexity index is 445. The predicted octanol–water partition coefficient (Wildman–Crippen LogP) is 5.04. The van der Waals surface area contributed by atoms with Crippen molar-refractivity contribution >= 4 is 15.9 Å². The fraction of sp³-hybridized carbons (Fsp3) is 0.667. The molecular formula is C18H27BrO2. The number of fused-ring (bicyclic) bond motifs is 1. The Hall–Kier alpha value is -0.540. The van der Waals surface area contributed by atoms with Crippen molar-refractivity contribution in [1.82, 2.24) is 0 Å². The summed E-state index contributed by atoms with van der Waals surface area (Å²) in [4.78, 5) is 0. The van der Waals surface area contributed by atoms with Gasteiger partial charge in [-0.05, 0) is 29.7 Å². The molecule has 1 atom stereocenters. The van der Waals surface area contributed by atoms with E-state index in [0.717, 1.165) is 41.7 Å². The average Bonchev–Trinajstić information content (AvgIpc) is 2.91. The SMILES string of the molecule is CCCCCCCCC(O)Cc1cc(Br)cc2c1OCC2. The molecule has 0 amide bonds. The highest BCUT2D eigenvalue weighted by atomic mass is 79.9. The van der Waals surface area contributed by atoms with Crippen molar-refractivity contribution < 1.29 is 9.84 Å². The number of hydrogen-bond acceptors (Lipinski definition) is 2. The second-order valence-electron chi connectivity index (χ2n) is 6.07. The molecule has 0 saturated heterocycles. The van der Waals surface area contributed by atoms with Crippen LogP contribution in [-0.4, -0.2) is 17.8 Å². The first-order valence-electron chi connectivity index (χ1n) is 8.33. The predicted molar refractivity (Wildman–Crippen MR) is 91.0 cm³/mol. The van der Waals surface area contributed by atoms with Crippen LogP contribution in [0.15, 0.2) is 16.6 Å². The molecule has 2 nitrogen and oxygen atoms in total. The molecule has 1 aliphatic rings. The Labute approximate surface area is 137 Å². The van der Waals surface area contributed by atoms with E-state index in [4.69, 9.17) is 4.74 Å². The summed E-state index contributed by atoms with van der Waals surface area (Å²) in [7, 11) is 0. The summed E-state index contributed by atoms with van der Waals surface area (Å²) in [5.74, 6) is 1.01. The molecule has 1 heterocycles. The van der Waals surface area contributed by atoms with E-state index < -0.39 is 0 Å².